The molecule has 106 valence electrons. The van der Waals surface area contributed by atoms with Gasteiger partial charge >= 0.3 is 6.09 Å². The molecular weight excluding hydrogens is 306 g/mol. The monoisotopic (exact) mass is 327 g/mol. The van der Waals surface area contributed by atoms with Crippen molar-refractivity contribution >= 4 is 22.0 Å². The van der Waals surface area contributed by atoms with E-state index >= 15 is 0 Å². The van der Waals surface area contributed by atoms with E-state index in [0.717, 1.165) is 17.3 Å². The summed E-state index contributed by atoms with van der Waals surface area (Å²) >= 11 is 3.53. The largest absolute Gasteiger partial charge is 0.444 e. The van der Waals surface area contributed by atoms with E-state index in [2.05, 4.69) is 34.2 Å². The van der Waals surface area contributed by atoms with E-state index in [1.807, 2.05) is 39.0 Å². The Kier molecular flexibility index (Phi) is 5.85. The highest BCUT2D eigenvalue weighted by Crippen LogP contribution is 2.18. The predicted molar refractivity (Wildman–Crippen MR) is 81.3 cm³/mol. The molecule has 0 saturated carbocycles. The highest BCUT2D eigenvalue weighted by Gasteiger charge is 2.19. The minimum Gasteiger partial charge on any atom is -0.444 e. The average Bonchev–Trinajstić information content (AvgIpc) is 2.28. The van der Waals surface area contributed by atoms with Crippen LogP contribution in [-0.2, 0) is 11.2 Å². The van der Waals surface area contributed by atoms with Gasteiger partial charge in [-0.2, -0.15) is 0 Å². The normalized spacial score (nSPS) is 12.9. The van der Waals surface area contributed by atoms with Gasteiger partial charge in [0.05, 0.1) is 0 Å². The number of ether oxygens (including phenoxy) is 1. The number of halogens is 1. The van der Waals surface area contributed by atoms with Crippen LogP contribution < -0.4 is 5.32 Å². The molecule has 1 rings (SSSR count). The summed E-state index contributed by atoms with van der Waals surface area (Å²) in [6, 6.07) is 8.13. The summed E-state index contributed by atoms with van der Waals surface area (Å²) < 4.78 is 6.35. The van der Waals surface area contributed by atoms with Gasteiger partial charge in [-0.05, 0) is 45.2 Å². The lowest BCUT2D eigenvalue weighted by Crippen LogP contribution is -2.39. The number of carbonyl (C=O) groups is 1. The highest BCUT2D eigenvalue weighted by atomic mass is 79.9. The molecule has 0 heterocycles. The van der Waals surface area contributed by atoms with Crippen LogP contribution in [-0.4, -0.2) is 17.7 Å². The number of alkyl carbamates (subject to hydrolysis) is 1. The van der Waals surface area contributed by atoms with Crippen LogP contribution in [0.15, 0.2) is 28.7 Å². The molecule has 0 aliphatic heterocycles. The van der Waals surface area contributed by atoms with Gasteiger partial charge in [0.1, 0.15) is 5.60 Å². The van der Waals surface area contributed by atoms with E-state index in [-0.39, 0.29) is 12.1 Å². The van der Waals surface area contributed by atoms with E-state index < -0.39 is 5.60 Å². The van der Waals surface area contributed by atoms with Gasteiger partial charge in [0.25, 0.3) is 0 Å². The quantitative estimate of drug-likeness (QED) is 0.895. The second-order valence-corrected chi connectivity index (χ2v) is 6.40. The van der Waals surface area contributed by atoms with Gasteiger partial charge in [-0.15, -0.1) is 0 Å². The van der Waals surface area contributed by atoms with Gasteiger partial charge in [0.15, 0.2) is 0 Å². The maximum absolute atomic E-state index is 11.8. The van der Waals surface area contributed by atoms with Crippen LogP contribution >= 0.6 is 15.9 Å². The molecule has 0 aliphatic rings. The molecule has 0 radical (unpaired) electrons. The zero-order valence-corrected chi connectivity index (χ0v) is 13.6. The number of hydrogen-bond donors (Lipinski definition) is 1. The van der Waals surface area contributed by atoms with Crippen LogP contribution in [0.4, 0.5) is 4.79 Å². The van der Waals surface area contributed by atoms with Crippen molar-refractivity contribution in [2.45, 2.75) is 52.2 Å². The molecule has 19 heavy (non-hydrogen) atoms. The van der Waals surface area contributed by atoms with Gasteiger partial charge in [-0.25, -0.2) is 4.79 Å². The van der Waals surface area contributed by atoms with Gasteiger partial charge in [0.2, 0.25) is 0 Å². The second-order valence-electron chi connectivity index (χ2n) is 5.55. The summed E-state index contributed by atoms with van der Waals surface area (Å²) in [7, 11) is 0. The molecule has 0 bridgehead atoms. The molecule has 1 N–H and O–H groups in total. The first-order valence-electron chi connectivity index (χ1n) is 6.54. The van der Waals surface area contributed by atoms with Crippen molar-refractivity contribution in [1.82, 2.24) is 5.32 Å². The van der Waals surface area contributed by atoms with Crippen LogP contribution in [0.25, 0.3) is 0 Å². The lowest BCUT2D eigenvalue weighted by Gasteiger charge is -2.23. The summed E-state index contributed by atoms with van der Waals surface area (Å²) in [5.74, 6) is 0. The van der Waals surface area contributed by atoms with Crippen molar-refractivity contribution in [2.24, 2.45) is 0 Å². The van der Waals surface area contributed by atoms with Crippen molar-refractivity contribution in [2.75, 3.05) is 0 Å². The fraction of sp³-hybridized carbons (Fsp3) is 0.533. The first-order valence-corrected chi connectivity index (χ1v) is 7.34. The smallest absolute Gasteiger partial charge is 0.407 e. The Labute approximate surface area is 123 Å². The number of carbonyl (C=O) groups excluding carboxylic acids is 1. The van der Waals surface area contributed by atoms with E-state index in [4.69, 9.17) is 4.74 Å². The molecule has 0 saturated heterocycles. The highest BCUT2D eigenvalue weighted by molar-refractivity contribution is 9.10. The average molecular weight is 328 g/mol. The molecule has 1 atom stereocenters. The number of hydrogen-bond acceptors (Lipinski definition) is 2. The number of nitrogens with one attached hydrogen (secondary N) is 1. The van der Waals surface area contributed by atoms with Crippen LogP contribution in [0.3, 0.4) is 0 Å². The molecule has 0 aliphatic carbocycles. The van der Waals surface area contributed by atoms with E-state index in [9.17, 15) is 4.79 Å². The lowest BCUT2D eigenvalue weighted by molar-refractivity contribution is 0.0503. The summed E-state index contributed by atoms with van der Waals surface area (Å²) in [4.78, 5) is 11.8. The predicted octanol–water partition coefficient (Wildman–Crippen LogP) is 4.29. The third kappa shape index (κ3) is 6.10. The summed E-state index contributed by atoms with van der Waals surface area (Å²) in [5.41, 5.74) is 0.723. The number of amides is 1. The van der Waals surface area contributed by atoms with Gasteiger partial charge < -0.3 is 10.1 Å². The van der Waals surface area contributed by atoms with Crippen molar-refractivity contribution in [3.8, 4) is 0 Å². The zero-order chi connectivity index (χ0) is 14.5. The van der Waals surface area contributed by atoms with Crippen LogP contribution in [0.2, 0.25) is 0 Å². The Morgan fingerprint density at radius 1 is 1.37 bits per heavy atom. The molecule has 1 aromatic carbocycles. The van der Waals surface area contributed by atoms with Crippen molar-refractivity contribution < 1.29 is 9.53 Å². The van der Waals surface area contributed by atoms with Gasteiger partial charge in [-0.3, -0.25) is 0 Å². The third-order valence-electron chi connectivity index (χ3n) is 2.64. The van der Waals surface area contributed by atoms with Crippen LogP contribution in [0.5, 0.6) is 0 Å². The van der Waals surface area contributed by atoms with Crippen molar-refractivity contribution in [3.63, 3.8) is 0 Å². The van der Waals surface area contributed by atoms with E-state index in [1.54, 1.807) is 0 Å². The molecule has 0 unspecified atom stereocenters. The maximum Gasteiger partial charge on any atom is 0.407 e. The Hall–Kier alpha value is -1.03. The van der Waals surface area contributed by atoms with Crippen LogP contribution in [0, 0.1) is 0 Å². The van der Waals surface area contributed by atoms with E-state index in [1.165, 1.54) is 5.56 Å². The molecule has 4 heteroatoms. The van der Waals surface area contributed by atoms with Crippen LogP contribution in [0.1, 0.15) is 39.7 Å². The minimum atomic E-state index is -0.463. The van der Waals surface area contributed by atoms with E-state index in [0.29, 0.717) is 0 Å². The van der Waals surface area contributed by atoms with Gasteiger partial charge in [-0.1, -0.05) is 41.1 Å². The minimum absolute atomic E-state index is 0.0774. The fourth-order valence-electron chi connectivity index (χ4n) is 1.70. The molecule has 3 nitrogen and oxygen atoms in total. The molecule has 1 aromatic rings. The Morgan fingerprint density at radius 3 is 2.53 bits per heavy atom. The Morgan fingerprint density at radius 2 is 2.00 bits per heavy atom. The molecule has 0 spiro atoms. The Balaban J connectivity index is 2.60. The molecule has 0 aromatic heterocycles. The maximum atomic E-state index is 11.8. The molecule has 0 fully saturated rings. The fourth-order valence-corrected chi connectivity index (χ4v) is 2.15. The number of benzene rings is 1. The van der Waals surface area contributed by atoms with Gasteiger partial charge in [0, 0.05) is 10.5 Å². The zero-order valence-electron chi connectivity index (χ0n) is 12.0. The number of rotatable bonds is 4. The third-order valence-corrected chi connectivity index (χ3v) is 3.41. The first kappa shape index (κ1) is 16.0. The summed E-state index contributed by atoms with van der Waals surface area (Å²) in [6.07, 6.45) is 1.30. The SMILES string of the molecule is CC[C@@H](Cc1ccccc1Br)NC(=O)OC(C)(C)C. The van der Waals surface area contributed by atoms with Crippen molar-refractivity contribution in [1.29, 1.82) is 0 Å². The summed E-state index contributed by atoms with van der Waals surface area (Å²) in [6.45, 7) is 7.64. The first-order chi connectivity index (χ1) is 8.81. The van der Waals surface area contributed by atoms with Crippen molar-refractivity contribution in [3.05, 3.63) is 34.3 Å². The lowest BCUT2D eigenvalue weighted by atomic mass is 10.0. The summed E-state index contributed by atoms with van der Waals surface area (Å²) in [5, 5.41) is 2.92. The molecular formula is C15H22BrNO2. The molecule has 1 amide bonds. The standard InChI is InChI=1S/C15H22BrNO2/c1-5-12(17-14(18)19-15(2,3)4)10-11-8-6-7-9-13(11)16/h6-9,12H,5,10H2,1-4H3,(H,17,18)/t12-/m0/s1. The second kappa shape index (κ2) is 6.94. The Bertz CT molecular complexity index is 426. The topological polar surface area (TPSA) is 38.3 Å².